The Kier molecular flexibility index (Phi) is 4.18. The van der Waals surface area contributed by atoms with Gasteiger partial charge < -0.3 is 14.8 Å². The highest BCUT2D eigenvalue weighted by Gasteiger charge is 2.19. The molecular weight excluding hydrogens is 274 g/mol. The number of rotatable bonds is 5. The van der Waals surface area contributed by atoms with E-state index in [4.69, 9.17) is 9.84 Å². The van der Waals surface area contributed by atoms with Crippen LogP contribution in [0, 0.1) is 0 Å². The molecule has 2 N–H and O–H groups in total. The molecule has 1 heterocycles. The number of hydrogen-bond donors (Lipinski definition) is 2. The topological polar surface area (TPSA) is 96.5 Å². The summed E-state index contributed by atoms with van der Waals surface area (Å²) in [6, 6.07) is 7.26. The Morgan fingerprint density at radius 3 is 2.48 bits per heavy atom. The molecule has 0 atom stereocenters. The number of nitrogens with one attached hydrogen (secondary N) is 1. The summed E-state index contributed by atoms with van der Waals surface area (Å²) >= 11 is 0. The summed E-state index contributed by atoms with van der Waals surface area (Å²) in [5.41, 5.74) is 0.334. The third-order valence-corrected chi connectivity index (χ3v) is 2.84. The lowest BCUT2D eigenvalue weighted by molar-refractivity contribution is 0.0519. The number of carbonyl (C=O) groups is 3. The molecule has 21 heavy (non-hydrogen) atoms. The van der Waals surface area contributed by atoms with Crippen LogP contribution in [0.5, 0.6) is 0 Å². The molecule has 0 aliphatic rings. The van der Waals surface area contributed by atoms with Crippen molar-refractivity contribution in [2.24, 2.45) is 0 Å². The van der Waals surface area contributed by atoms with E-state index in [1.54, 1.807) is 19.1 Å². The molecule has 0 unspecified atom stereocenters. The number of esters is 1. The predicted octanol–water partition coefficient (Wildman–Crippen LogP) is 2.12. The molecule has 0 bridgehead atoms. The summed E-state index contributed by atoms with van der Waals surface area (Å²) in [7, 11) is 0. The van der Waals surface area contributed by atoms with Crippen LogP contribution in [-0.4, -0.2) is 34.4 Å². The second kappa shape index (κ2) is 6.04. The zero-order valence-corrected chi connectivity index (χ0v) is 11.3. The summed E-state index contributed by atoms with van der Waals surface area (Å²) in [5, 5.41) is 9.09. The molecule has 108 valence electrons. The smallest absolute Gasteiger partial charge is 0.354 e. The van der Waals surface area contributed by atoms with Gasteiger partial charge in [-0.2, -0.15) is 0 Å². The van der Waals surface area contributed by atoms with Gasteiger partial charge >= 0.3 is 11.9 Å². The SMILES string of the molecule is CCOC(=O)c1cc(C(=O)c2ccccc2C(=O)O)c[nH]1. The van der Waals surface area contributed by atoms with Gasteiger partial charge in [-0.3, -0.25) is 4.79 Å². The number of carbonyl (C=O) groups excluding carboxylic acids is 2. The number of aromatic amines is 1. The lowest BCUT2D eigenvalue weighted by atomic mass is 10.00. The van der Waals surface area contributed by atoms with E-state index < -0.39 is 17.7 Å². The van der Waals surface area contributed by atoms with Crippen LogP contribution in [0.25, 0.3) is 0 Å². The van der Waals surface area contributed by atoms with Gasteiger partial charge in [-0.15, -0.1) is 0 Å². The Labute approximate surface area is 120 Å². The zero-order valence-electron chi connectivity index (χ0n) is 11.3. The number of carboxylic acids is 1. The van der Waals surface area contributed by atoms with E-state index >= 15 is 0 Å². The number of ether oxygens (including phenoxy) is 1. The van der Waals surface area contributed by atoms with Gasteiger partial charge in [-0.25, -0.2) is 9.59 Å². The molecule has 2 aromatic rings. The largest absolute Gasteiger partial charge is 0.478 e. The molecule has 2 rings (SSSR count). The molecule has 0 aliphatic heterocycles. The first-order valence-corrected chi connectivity index (χ1v) is 6.27. The van der Waals surface area contributed by atoms with Gasteiger partial charge in [0, 0.05) is 17.3 Å². The summed E-state index contributed by atoms with van der Waals surface area (Å²) < 4.78 is 4.81. The lowest BCUT2D eigenvalue weighted by Gasteiger charge is -2.03. The quantitative estimate of drug-likeness (QED) is 0.648. The summed E-state index contributed by atoms with van der Waals surface area (Å²) in [5.74, 6) is -2.22. The number of H-pyrrole nitrogens is 1. The predicted molar refractivity (Wildman–Crippen MR) is 73.6 cm³/mol. The van der Waals surface area contributed by atoms with Crippen molar-refractivity contribution >= 4 is 17.7 Å². The first kappa shape index (κ1) is 14.5. The standard InChI is InChI=1S/C15H13NO5/c1-2-21-15(20)12-7-9(8-16-12)13(17)10-5-3-4-6-11(10)14(18)19/h3-8,16H,2H2,1H3,(H,18,19). The van der Waals surface area contributed by atoms with Crippen LogP contribution in [-0.2, 0) is 4.74 Å². The van der Waals surface area contributed by atoms with Gasteiger partial charge in [0.15, 0.2) is 5.78 Å². The van der Waals surface area contributed by atoms with E-state index in [1.165, 1.54) is 24.4 Å². The number of aromatic nitrogens is 1. The normalized spacial score (nSPS) is 10.1. The van der Waals surface area contributed by atoms with Gasteiger partial charge in [-0.05, 0) is 19.1 Å². The Morgan fingerprint density at radius 2 is 1.86 bits per heavy atom. The molecule has 0 radical (unpaired) electrons. The molecule has 0 spiro atoms. The highest BCUT2D eigenvalue weighted by atomic mass is 16.5. The lowest BCUT2D eigenvalue weighted by Crippen LogP contribution is -2.09. The third-order valence-electron chi connectivity index (χ3n) is 2.84. The van der Waals surface area contributed by atoms with E-state index in [0.717, 1.165) is 0 Å². The van der Waals surface area contributed by atoms with Crippen LogP contribution in [0.4, 0.5) is 0 Å². The molecular formula is C15H13NO5. The average Bonchev–Trinajstić information content (AvgIpc) is 2.96. The van der Waals surface area contributed by atoms with Crippen molar-refractivity contribution < 1.29 is 24.2 Å². The van der Waals surface area contributed by atoms with E-state index in [1.807, 2.05) is 0 Å². The maximum absolute atomic E-state index is 12.3. The van der Waals surface area contributed by atoms with Crippen LogP contribution in [0.3, 0.4) is 0 Å². The van der Waals surface area contributed by atoms with Crippen LogP contribution in [0.15, 0.2) is 36.5 Å². The van der Waals surface area contributed by atoms with Crippen LogP contribution < -0.4 is 0 Å². The zero-order chi connectivity index (χ0) is 15.4. The molecule has 0 saturated heterocycles. The molecule has 1 aromatic carbocycles. The van der Waals surface area contributed by atoms with Crippen molar-refractivity contribution in [3.8, 4) is 0 Å². The fraction of sp³-hybridized carbons (Fsp3) is 0.133. The fourth-order valence-corrected chi connectivity index (χ4v) is 1.88. The second-order valence-electron chi connectivity index (χ2n) is 4.20. The van der Waals surface area contributed by atoms with Gasteiger partial charge in [0.25, 0.3) is 0 Å². The Balaban J connectivity index is 2.33. The van der Waals surface area contributed by atoms with Crippen LogP contribution >= 0.6 is 0 Å². The number of ketones is 1. The van der Waals surface area contributed by atoms with E-state index in [2.05, 4.69) is 4.98 Å². The van der Waals surface area contributed by atoms with Gasteiger partial charge in [-0.1, -0.05) is 18.2 Å². The van der Waals surface area contributed by atoms with Gasteiger partial charge in [0.05, 0.1) is 12.2 Å². The fourth-order valence-electron chi connectivity index (χ4n) is 1.88. The maximum Gasteiger partial charge on any atom is 0.354 e. The third kappa shape index (κ3) is 3.00. The number of carboxylic acid groups (broad SMARTS) is 1. The van der Waals surface area contributed by atoms with Crippen LogP contribution in [0.2, 0.25) is 0 Å². The monoisotopic (exact) mass is 287 g/mol. The van der Waals surface area contributed by atoms with Gasteiger partial charge in [0.1, 0.15) is 5.69 Å². The molecule has 1 aromatic heterocycles. The number of benzene rings is 1. The minimum atomic E-state index is -1.18. The first-order chi connectivity index (χ1) is 10.0. The van der Waals surface area contributed by atoms with Crippen LogP contribution in [0.1, 0.15) is 43.7 Å². The average molecular weight is 287 g/mol. The summed E-state index contributed by atoms with van der Waals surface area (Å²) in [6.45, 7) is 1.90. The molecule has 0 amide bonds. The first-order valence-electron chi connectivity index (χ1n) is 6.27. The molecule has 0 saturated carbocycles. The molecule has 6 nitrogen and oxygen atoms in total. The summed E-state index contributed by atoms with van der Waals surface area (Å²) in [6.07, 6.45) is 1.35. The Bertz CT molecular complexity index is 702. The van der Waals surface area contributed by atoms with Crippen molar-refractivity contribution in [2.75, 3.05) is 6.61 Å². The van der Waals surface area contributed by atoms with Crippen molar-refractivity contribution in [1.82, 2.24) is 4.98 Å². The number of aromatic carboxylic acids is 1. The van der Waals surface area contributed by atoms with Gasteiger partial charge in [0.2, 0.25) is 0 Å². The molecule has 0 fully saturated rings. The highest BCUT2D eigenvalue weighted by Crippen LogP contribution is 2.16. The molecule has 0 aliphatic carbocycles. The van der Waals surface area contributed by atoms with E-state index in [0.29, 0.717) is 0 Å². The Hall–Kier alpha value is -2.89. The maximum atomic E-state index is 12.3. The van der Waals surface area contributed by atoms with Crippen molar-refractivity contribution in [3.05, 3.63) is 58.9 Å². The van der Waals surface area contributed by atoms with Crippen molar-refractivity contribution in [3.63, 3.8) is 0 Å². The van der Waals surface area contributed by atoms with Crippen molar-refractivity contribution in [1.29, 1.82) is 0 Å². The minimum absolute atomic E-state index is 0.0689. The summed E-state index contributed by atoms with van der Waals surface area (Å²) in [4.78, 5) is 37.6. The van der Waals surface area contributed by atoms with E-state index in [-0.39, 0.29) is 29.0 Å². The number of hydrogen-bond acceptors (Lipinski definition) is 4. The second-order valence-corrected chi connectivity index (χ2v) is 4.20. The van der Waals surface area contributed by atoms with E-state index in [9.17, 15) is 14.4 Å². The van der Waals surface area contributed by atoms with Crippen molar-refractivity contribution in [2.45, 2.75) is 6.92 Å². The minimum Gasteiger partial charge on any atom is -0.478 e. The highest BCUT2D eigenvalue weighted by molar-refractivity contribution is 6.14. The molecule has 6 heteroatoms. The Morgan fingerprint density at radius 1 is 1.19 bits per heavy atom.